The highest BCUT2D eigenvalue weighted by Crippen LogP contribution is 2.53. The Morgan fingerprint density at radius 2 is 2.03 bits per heavy atom. The molecular formula is C23H34N2O6SSi. The molecule has 2 heterocycles. The number of carbonyl (C=O) groups excluding carboxylic acids is 2. The van der Waals surface area contributed by atoms with E-state index in [1.807, 2.05) is 13.0 Å². The van der Waals surface area contributed by atoms with Crippen LogP contribution in [0.5, 0.6) is 0 Å². The van der Waals surface area contributed by atoms with E-state index < -0.39 is 44.2 Å². The molecule has 0 radical (unpaired) electrons. The molecule has 0 saturated carbocycles. The first kappa shape index (κ1) is 27.2. The van der Waals surface area contributed by atoms with E-state index in [0.29, 0.717) is 10.7 Å². The third-order valence-corrected chi connectivity index (χ3v) is 12.4. The average molecular weight is 495 g/mol. The lowest BCUT2D eigenvalue weighted by Gasteiger charge is -2.50. The molecule has 10 heteroatoms. The van der Waals surface area contributed by atoms with Crippen molar-refractivity contribution in [3.63, 3.8) is 0 Å². The minimum atomic E-state index is -2.18. The van der Waals surface area contributed by atoms with Crippen LogP contribution in [-0.2, 0) is 23.5 Å². The number of nitriles is 1. The maximum Gasteiger partial charge on any atom is 0.353 e. The van der Waals surface area contributed by atoms with Crippen molar-refractivity contribution >= 4 is 37.9 Å². The molecule has 4 atom stereocenters. The smallest absolute Gasteiger partial charge is 0.353 e. The van der Waals surface area contributed by atoms with E-state index in [9.17, 15) is 19.5 Å². The Hall–Kier alpha value is -2.09. The molecule has 2 rings (SSSR count). The molecular weight excluding hydrogens is 460 g/mol. The highest BCUT2D eigenvalue weighted by molar-refractivity contribution is 8.03. The van der Waals surface area contributed by atoms with E-state index in [2.05, 4.69) is 40.4 Å². The molecule has 1 amide bonds. The predicted molar refractivity (Wildman–Crippen MR) is 128 cm³/mol. The zero-order chi connectivity index (χ0) is 25.1. The number of carboxylic acids is 1. The summed E-state index contributed by atoms with van der Waals surface area (Å²) >= 11 is 1.22. The zero-order valence-corrected chi connectivity index (χ0v) is 22.0. The molecule has 2 aliphatic rings. The van der Waals surface area contributed by atoms with Crippen molar-refractivity contribution in [1.82, 2.24) is 4.90 Å². The fourth-order valence-corrected chi connectivity index (χ4v) is 6.66. The van der Waals surface area contributed by atoms with Crippen LogP contribution < -0.4 is 0 Å². The summed E-state index contributed by atoms with van der Waals surface area (Å²) in [5, 5.41) is 18.8. The predicted octanol–water partition coefficient (Wildman–Crippen LogP) is 3.92. The second kappa shape index (κ2) is 10.4. The van der Waals surface area contributed by atoms with Crippen LogP contribution in [0, 0.1) is 23.2 Å². The van der Waals surface area contributed by atoms with Crippen molar-refractivity contribution in [3.05, 3.63) is 23.3 Å². The number of thioether (sulfide) groups is 1. The first-order valence-corrected chi connectivity index (χ1v) is 14.9. The third-order valence-electron chi connectivity index (χ3n) is 6.63. The van der Waals surface area contributed by atoms with Gasteiger partial charge in [-0.25, -0.2) is 4.79 Å². The largest absolute Gasteiger partial charge is 0.477 e. The van der Waals surface area contributed by atoms with Crippen LogP contribution in [0.25, 0.3) is 0 Å². The van der Waals surface area contributed by atoms with Crippen LogP contribution in [0.4, 0.5) is 0 Å². The summed E-state index contributed by atoms with van der Waals surface area (Å²) in [4.78, 5) is 39.6. The molecule has 0 spiro atoms. The van der Waals surface area contributed by atoms with Gasteiger partial charge in [0.05, 0.1) is 30.6 Å². The number of fused-ring (bicyclic) bond motifs is 1. The minimum absolute atomic E-state index is 0.0551. The van der Waals surface area contributed by atoms with E-state index >= 15 is 0 Å². The fourth-order valence-electron chi connectivity index (χ4n) is 4.06. The van der Waals surface area contributed by atoms with Crippen molar-refractivity contribution < 1.29 is 28.7 Å². The molecule has 1 fully saturated rings. The van der Waals surface area contributed by atoms with Crippen LogP contribution in [0.3, 0.4) is 0 Å². The van der Waals surface area contributed by atoms with E-state index in [0.717, 1.165) is 0 Å². The van der Waals surface area contributed by atoms with Gasteiger partial charge in [-0.2, -0.15) is 5.26 Å². The molecule has 0 unspecified atom stereocenters. The maximum absolute atomic E-state index is 13.2. The summed E-state index contributed by atoms with van der Waals surface area (Å²) in [5.74, 6) is -2.71. The number of esters is 1. The first-order chi connectivity index (χ1) is 15.3. The molecule has 0 aromatic heterocycles. The summed E-state index contributed by atoms with van der Waals surface area (Å²) in [6.07, 6.45) is 1.20. The number of β-lactam (4-membered cyclic amide) rings is 1. The number of carboxylic acid groups (broad SMARTS) is 1. The number of carbonyl (C=O) groups is 3. The van der Waals surface area contributed by atoms with Gasteiger partial charge >= 0.3 is 11.9 Å². The molecule has 0 aromatic rings. The maximum atomic E-state index is 13.2. The average Bonchev–Trinajstić information content (AvgIpc) is 2.95. The quantitative estimate of drug-likeness (QED) is 0.151. The van der Waals surface area contributed by atoms with Crippen molar-refractivity contribution in [3.8, 4) is 6.07 Å². The van der Waals surface area contributed by atoms with Crippen LogP contribution in [0.1, 0.15) is 40.5 Å². The minimum Gasteiger partial charge on any atom is -0.477 e. The summed E-state index contributed by atoms with van der Waals surface area (Å²) < 4.78 is 11.6. The van der Waals surface area contributed by atoms with Gasteiger partial charge in [0.1, 0.15) is 12.3 Å². The Labute approximate surface area is 201 Å². The second-order valence-electron chi connectivity index (χ2n) is 9.86. The van der Waals surface area contributed by atoms with Gasteiger partial charge in [0.15, 0.2) is 8.32 Å². The zero-order valence-electron chi connectivity index (χ0n) is 20.2. The molecule has 1 N–H and O–H groups in total. The Kier molecular flexibility index (Phi) is 8.60. The molecule has 33 heavy (non-hydrogen) atoms. The summed E-state index contributed by atoms with van der Waals surface area (Å²) in [7, 11) is -2.18. The van der Waals surface area contributed by atoms with Gasteiger partial charge in [0, 0.05) is 23.0 Å². The number of hydrogen-bond acceptors (Lipinski definition) is 7. The molecule has 2 aliphatic heterocycles. The normalized spacial score (nSPS) is 23.5. The molecule has 0 aromatic carbocycles. The van der Waals surface area contributed by atoms with Crippen LogP contribution in [0.2, 0.25) is 18.1 Å². The van der Waals surface area contributed by atoms with Crippen molar-refractivity contribution in [2.24, 2.45) is 11.8 Å². The number of amides is 1. The van der Waals surface area contributed by atoms with Gasteiger partial charge in [0.25, 0.3) is 0 Å². The Morgan fingerprint density at radius 1 is 1.39 bits per heavy atom. The first-order valence-electron chi connectivity index (χ1n) is 11.0. The SMILES string of the molecule is C=CCOC(=O)C[C@H]1C(SCCC#N)=C(C(=O)O)N2C(=O)[C@H]([C@@H](C)O[Si](C)(C)C(C)(C)C)[C@@H]12. The fraction of sp³-hybridized carbons (Fsp3) is 0.652. The topological polar surface area (TPSA) is 117 Å². The van der Waals surface area contributed by atoms with Crippen molar-refractivity contribution in [2.75, 3.05) is 12.4 Å². The van der Waals surface area contributed by atoms with E-state index in [1.54, 1.807) is 0 Å². The molecule has 1 saturated heterocycles. The molecule has 0 bridgehead atoms. The van der Waals surface area contributed by atoms with Gasteiger partial charge < -0.3 is 19.2 Å². The van der Waals surface area contributed by atoms with Crippen LogP contribution in [-0.4, -0.2) is 60.7 Å². The molecule has 8 nitrogen and oxygen atoms in total. The van der Waals surface area contributed by atoms with Crippen LogP contribution >= 0.6 is 11.8 Å². The van der Waals surface area contributed by atoms with Gasteiger partial charge in [-0.3, -0.25) is 9.59 Å². The third kappa shape index (κ3) is 5.53. The van der Waals surface area contributed by atoms with Gasteiger partial charge in [-0.05, 0) is 25.1 Å². The van der Waals surface area contributed by atoms with E-state index in [1.165, 1.54) is 22.7 Å². The Balaban J connectivity index is 2.39. The highest BCUT2D eigenvalue weighted by atomic mass is 32.2. The van der Waals surface area contributed by atoms with E-state index in [4.69, 9.17) is 14.4 Å². The summed E-state index contributed by atoms with van der Waals surface area (Å²) in [5.41, 5.74) is -0.0924. The lowest BCUT2D eigenvalue weighted by molar-refractivity contribution is -0.164. The Morgan fingerprint density at radius 3 is 2.55 bits per heavy atom. The number of hydrogen-bond donors (Lipinski definition) is 1. The standard InChI is InChI=1S/C23H34N2O6SSi/c1-8-11-30-16(26)13-15-18-17(14(2)31-33(6,7)23(3,4)5)21(27)25(18)19(22(28)29)20(15)32-12-9-10-24/h8,14-15,17-18H,1,9,11-13H2,2-7H3,(H,28,29)/t14-,15-,17-,18-/m1/s1. The monoisotopic (exact) mass is 494 g/mol. The molecule has 0 aliphatic carbocycles. The number of aliphatic carboxylic acids is 1. The summed E-state index contributed by atoms with van der Waals surface area (Å²) in [6, 6.07) is 1.55. The number of nitrogens with zero attached hydrogens (tertiary/aromatic N) is 2. The Bertz CT molecular complexity index is 888. The lowest BCUT2D eigenvalue weighted by atomic mass is 9.77. The van der Waals surface area contributed by atoms with Crippen molar-refractivity contribution in [2.45, 2.75) is 70.8 Å². The van der Waals surface area contributed by atoms with Gasteiger partial charge in [0.2, 0.25) is 5.91 Å². The van der Waals surface area contributed by atoms with E-state index in [-0.39, 0.29) is 36.1 Å². The molecule has 182 valence electrons. The number of rotatable bonds is 11. The van der Waals surface area contributed by atoms with Gasteiger partial charge in [-0.1, -0.05) is 33.4 Å². The van der Waals surface area contributed by atoms with Crippen molar-refractivity contribution in [1.29, 1.82) is 5.26 Å². The number of ether oxygens (including phenoxy) is 1. The highest BCUT2D eigenvalue weighted by Gasteiger charge is 2.62. The lowest BCUT2D eigenvalue weighted by Crippen LogP contribution is -2.65. The summed E-state index contributed by atoms with van der Waals surface area (Å²) in [6.45, 7) is 16.0. The van der Waals surface area contributed by atoms with Crippen LogP contribution in [0.15, 0.2) is 23.3 Å². The van der Waals surface area contributed by atoms with Gasteiger partial charge in [-0.15, -0.1) is 11.8 Å². The second-order valence-corrected chi connectivity index (χ2v) is 15.8.